The summed E-state index contributed by atoms with van der Waals surface area (Å²) in [5.41, 5.74) is 7.84. The fourth-order valence-electron chi connectivity index (χ4n) is 1.29. The van der Waals surface area contributed by atoms with Gasteiger partial charge in [0.2, 0.25) is 0 Å². The van der Waals surface area contributed by atoms with Gasteiger partial charge in [0.15, 0.2) is 0 Å². The highest BCUT2D eigenvalue weighted by Gasteiger charge is 2.06. The third kappa shape index (κ3) is 2.87. The molecule has 0 aliphatic heterocycles. The minimum Gasteiger partial charge on any atom is -0.397 e. The topological polar surface area (TPSA) is 67.2 Å². The average Bonchev–Trinajstić information content (AvgIpc) is 2.19. The lowest BCUT2D eigenvalue weighted by molar-refractivity contribution is 0.0963. The molecule has 0 bridgehead atoms. The summed E-state index contributed by atoms with van der Waals surface area (Å²) in [6, 6.07) is 5.56. The molecule has 0 saturated carbocycles. The molecule has 4 N–H and O–H groups in total. The molecule has 0 atom stereocenters. The Labute approximate surface area is 89.9 Å². The van der Waals surface area contributed by atoms with Gasteiger partial charge in [-0.1, -0.05) is 0 Å². The zero-order chi connectivity index (χ0) is 11.4. The van der Waals surface area contributed by atoms with Crippen LogP contribution in [0.1, 0.15) is 24.2 Å². The molecule has 0 aliphatic carbocycles. The summed E-state index contributed by atoms with van der Waals surface area (Å²) >= 11 is 0. The lowest BCUT2D eigenvalue weighted by Gasteiger charge is -2.13. The zero-order valence-electron chi connectivity index (χ0n) is 9.29. The van der Waals surface area contributed by atoms with E-state index in [0.29, 0.717) is 17.3 Å². The second-order valence-corrected chi connectivity index (χ2v) is 3.68. The van der Waals surface area contributed by atoms with Gasteiger partial charge in [-0.15, -0.1) is 0 Å². The van der Waals surface area contributed by atoms with E-state index in [1.807, 2.05) is 19.9 Å². The molecule has 4 heteroatoms. The Morgan fingerprint density at radius 1 is 1.40 bits per heavy atom. The van der Waals surface area contributed by atoms with Crippen LogP contribution in [0.2, 0.25) is 0 Å². The van der Waals surface area contributed by atoms with Gasteiger partial charge in [0, 0.05) is 18.7 Å². The Hall–Kier alpha value is -1.71. The quantitative estimate of drug-likeness (QED) is 0.657. The van der Waals surface area contributed by atoms with Crippen molar-refractivity contribution >= 4 is 17.3 Å². The van der Waals surface area contributed by atoms with Crippen molar-refractivity contribution in [2.24, 2.45) is 0 Å². The van der Waals surface area contributed by atoms with Crippen LogP contribution in [0.3, 0.4) is 0 Å². The van der Waals surface area contributed by atoms with E-state index < -0.39 is 0 Å². The normalized spacial score (nSPS) is 10.1. The van der Waals surface area contributed by atoms with Crippen molar-refractivity contribution in [2.75, 3.05) is 18.1 Å². The standard InChI is InChI=1S/C11H17N3O/c1-7(2)14-10-5-4-8(6-9(10)12)11(15)13-3/h4-7,14H,12H2,1-3H3,(H,13,15). The van der Waals surface area contributed by atoms with E-state index in [2.05, 4.69) is 10.6 Å². The van der Waals surface area contributed by atoms with E-state index in [0.717, 1.165) is 5.69 Å². The number of rotatable bonds is 3. The second kappa shape index (κ2) is 4.68. The molecular weight excluding hydrogens is 190 g/mol. The lowest BCUT2D eigenvalue weighted by Crippen LogP contribution is -2.18. The second-order valence-electron chi connectivity index (χ2n) is 3.68. The number of nitrogens with two attached hydrogens (primary N) is 1. The first-order valence-corrected chi connectivity index (χ1v) is 4.92. The van der Waals surface area contributed by atoms with Gasteiger partial charge >= 0.3 is 0 Å². The van der Waals surface area contributed by atoms with Gasteiger partial charge in [0.25, 0.3) is 5.91 Å². The van der Waals surface area contributed by atoms with E-state index in [9.17, 15) is 4.79 Å². The molecule has 4 nitrogen and oxygen atoms in total. The number of nitrogens with one attached hydrogen (secondary N) is 2. The number of carbonyl (C=O) groups excluding carboxylic acids is 1. The van der Waals surface area contributed by atoms with Crippen LogP contribution in [0.25, 0.3) is 0 Å². The molecule has 0 fully saturated rings. The fraction of sp³-hybridized carbons (Fsp3) is 0.364. The predicted molar refractivity (Wildman–Crippen MR) is 63.0 cm³/mol. The van der Waals surface area contributed by atoms with Gasteiger partial charge in [-0.25, -0.2) is 0 Å². The summed E-state index contributed by atoms with van der Waals surface area (Å²) in [6.07, 6.45) is 0. The number of benzene rings is 1. The number of anilines is 2. The van der Waals surface area contributed by atoms with Crippen molar-refractivity contribution in [3.63, 3.8) is 0 Å². The first kappa shape index (κ1) is 11.4. The maximum atomic E-state index is 11.3. The average molecular weight is 207 g/mol. The highest BCUT2D eigenvalue weighted by atomic mass is 16.1. The number of carbonyl (C=O) groups is 1. The third-order valence-corrected chi connectivity index (χ3v) is 1.98. The van der Waals surface area contributed by atoms with Crippen LogP contribution in [0.4, 0.5) is 11.4 Å². The first-order valence-electron chi connectivity index (χ1n) is 4.92. The molecule has 0 heterocycles. The Morgan fingerprint density at radius 3 is 2.53 bits per heavy atom. The molecule has 1 aromatic rings. The number of nitrogen functional groups attached to an aromatic ring is 1. The summed E-state index contributed by atoms with van der Waals surface area (Å²) in [6.45, 7) is 4.07. The van der Waals surface area contributed by atoms with Crippen molar-refractivity contribution < 1.29 is 4.79 Å². The molecule has 1 rings (SSSR count). The van der Waals surface area contributed by atoms with Crippen LogP contribution < -0.4 is 16.4 Å². The molecule has 0 spiro atoms. The Kier molecular flexibility index (Phi) is 3.55. The minimum absolute atomic E-state index is 0.127. The molecule has 15 heavy (non-hydrogen) atoms. The van der Waals surface area contributed by atoms with Crippen LogP contribution in [0, 0.1) is 0 Å². The molecule has 1 amide bonds. The number of hydrogen-bond donors (Lipinski definition) is 3. The summed E-state index contributed by atoms with van der Waals surface area (Å²) in [4.78, 5) is 11.3. The number of amides is 1. The molecule has 0 unspecified atom stereocenters. The zero-order valence-corrected chi connectivity index (χ0v) is 9.29. The largest absolute Gasteiger partial charge is 0.397 e. The molecule has 0 radical (unpaired) electrons. The van der Waals surface area contributed by atoms with Gasteiger partial charge < -0.3 is 16.4 Å². The molecular formula is C11H17N3O. The molecule has 0 aliphatic rings. The Bertz CT molecular complexity index is 361. The Morgan fingerprint density at radius 2 is 2.07 bits per heavy atom. The summed E-state index contributed by atoms with van der Waals surface area (Å²) in [7, 11) is 1.60. The highest BCUT2D eigenvalue weighted by molar-refractivity contribution is 5.95. The molecule has 1 aromatic carbocycles. The van der Waals surface area contributed by atoms with E-state index in [1.54, 1.807) is 19.2 Å². The van der Waals surface area contributed by atoms with Gasteiger partial charge in [0.05, 0.1) is 11.4 Å². The maximum Gasteiger partial charge on any atom is 0.251 e. The predicted octanol–water partition coefficient (Wildman–Crippen LogP) is 1.45. The SMILES string of the molecule is CNC(=O)c1ccc(NC(C)C)c(N)c1. The van der Waals surface area contributed by atoms with Gasteiger partial charge in [-0.3, -0.25) is 4.79 Å². The Balaban J connectivity index is 2.93. The van der Waals surface area contributed by atoms with Crippen molar-refractivity contribution in [3.05, 3.63) is 23.8 Å². The third-order valence-electron chi connectivity index (χ3n) is 1.98. The molecule has 82 valence electrons. The van der Waals surface area contributed by atoms with Gasteiger partial charge in [-0.2, -0.15) is 0 Å². The van der Waals surface area contributed by atoms with Crippen molar-refractivity contribution in [1.82, 2.24) is 5.32 Å². The van der Waals surface area contributed by atoms with E-state index in [4.69, 9.17) is 5.73 Å². The monoisotopic (exact) mass is 207 g/mol. The fourth-order valence-corrected chi connectivity index (χ4v) is 1.29. The smallest absolute Gasteiger partial charge is 0.251 e. The van der Waals surface area contributed by atoms with Crippen LogP contribution in [0.5, 0.6) is 0 Å². The molecule has 0 saturated heterocycles. The van der Waals surface area contributed by atoms with Crippen molar-refractivity contribution in [1.29, 1.82) is 0 Å². The van der Waals surface area contributed by atoms with Crippen LogP contribution >= 0.6 is 0 Å². The highest BCUT2D eigenvalue weighted by Crippen LogP contribution is 2.20. The van der Waals surface area contributed by atoms with Crippen LogP contribution in [-0.2, 0) is 0 Å². The minimum atomic E-state index is -0.127. The van der Waals surface area contributed by atoms with E-state index in [-0.39, 0.29) is 5.91 Å². The molecule has 0 aromatic heterocycles. The summed E-state index contributed by atoms with van der Waals surface area (Å²) < 4.78 is 0. The first-order chi connectivity index (χ1) is 7.04. The van der Waals surface area contributed by atoms with Gasteiger partial charge in [0.1, 0.15) is 0 Å². The number of hydrogen-bond acceptors (Lipinski definition) is 3. The van der Waals surface area contributed by atoms with E-state index in [1.165, 1.54) is 0 Å². The van der Waals surface area contributed by atoms with Crippen molar-refractivity contribution in [2.45, 2.75) is 19.9 Å². The van der Waals surface area contributed by atoms with E-state index >= 15 is 0 Å². The summed E-state index contributed by atoms with van der Waals surface area (Å²) in [5, 5.41) is 5.75. The maximum absolute atomic E-state index is 11.3. The summed E-state index contributed by atoms with van der Waals surface area (Å²) in [5.74, 6) is -0.127. The van der Waals surface area contributed by atoms with Crippen LogP contribution in [-0.4, -0.2) is 19.0 Å². The lowest BCUT2D eigenvalue weighted by atomic mass is 10.1. The van der Waals surface area contributed by atoms with Gasteiger partial charge in [-0.05, 0) is 32.0 Å². The van der Waals surface area contributed by atoms with Crippen molar-refractivity contribution in [3.8, 4) is 0 Å². The van der Waals surface area contributed by atoms with Crippen LogP contribution in [0.15, 0.2) is 18.2 Å².